The van der Waals surface area contributed by atoms with Gasteiger partial charge in [0.2, 0.25) is 10.1 Å². The summed E-state index contributed by atoms with van der Waals surface area (Å²) in [5.41, 5.74) is -0.152. The zero-order chi connectivity index (χ0) is 18.1. The van der Waals surface area contributed by atoms with Crippen molar-refractivity contribution in [1.82, 2.24) is 14.6 Å². The topological polar surface area (TPSA) is 59.7 Å². The fourth-order valence-corrected chi connectivity index (χ4v) is 4.41. The molecule has 0 aliphatic carbocycles. The average molecular weight is 411 g/mol. The van der Waals surface area contributed by atoms with Crippen molar-refractivity contribution in [2.75, 3.05) is 24.6 Å². The number of aromatic nitrogens is 3. The Morgan fingerprint density at radius 1 is 1.19 bits per heavy atom. The molecule has 9 heteroatoms. The number of nitrogens with zero attached hydrogens (tertiary/aromatic N) is 4. The highest BCUT2D eigenvalue weighted by atomic mass is 35.5. The Morgan fingerprint density at radius 2 is 1.92 bits per heavy atom. The van der Waals surface area contributed by atoms with E-state index in [-0.39, 0.29) is 5.56 Å². The van der Waals surface area contributed by atoms with Crippen molar-refractivity contribution in [3.63, 3.8) is 0 Å². The van der Waals surface area contributed by atoms with Gasteiger partial charge in [-0.15, -0.1) is 5.10 Å². The van der Waals surface area contributed by atoms with Gasteiger partial charge in [-0.1, -0.05) is 34.5 Å². The molecule has 136 valence electrons. The molecule has 0 N–H and O–H groups in total. The van der Waals surface area contributed by atoms with E-state index in [1.165, 1.54) is 28.1 Å². The highest BCUT2D eigenvalue weighted by Crippen LogP contribution is 2.28. The van der Waals surface area contributed by atoms with Crippen molar-refractivity contribution < 1.29 is 4.74 Å². The first-order valence-corrected chi connectivity index (χ1v) is 9.84. The number of piperidine rings is 1. The predicted molar refractivity (Wildman–Crippen MR) is 104 cm³/mol. The predicted octanol–water partition coefficient (Wildman–Crippen LogP) is 3.75. The third-order valence-corrected chi connectivity index (χ3v) is 5.79. The van der Waals surface area contributed by atoms with Crippen molar-refractivity contribution in [3.8, 4) is 5.75 Å². The van der Waals surface area contributed by atoms with Crippen LogP contribution < -0.4 is 15.2 Å². The Morgan fingerprint density at radius 3 is 2.62 bits per heavy atom. The van der Waals surface area contributed by atoms with Gasteiger partial charge in [-0.2, -0.15) is 4.52 Å². The summed E-state index contributed by atoms with van der Waals surface area (Å²) in [6.07, 6.45) is 3.50. The van der Waals surface area contributed by atoms with Crippen molar-refractivity contribution in [3.05, 3.63) is 50.9 Å². The van der Waals surface area contributed by atoms with Crippen molar-refractivity contribution >= 4 is 44.6 Å². The minimum atomic E-state index is -0.152. The van der Waals surface area contributed by atoms with Gasteiger partial charge in [0.15, 0.2) is 0 Å². The molecule has 0 spiro atoms. The molecule has 1 aliphatic heterocycles. The Balaban J connectivity index is 1.36. The summed E-state index contributed by atoms with van der Waals surface area (Å²) >= 11 is 13.4. The second-order valence-corrected chi connectivity index (χ2v) is 8.02. The van der Waals surface area contributed by atoms with Gasteiger partial charge in [0, 0.05) is 35.4 Å². The van der Waals surface area contributed by atoms with Gasteiger partial charge in [0.1, 0.15) is 5.75 Å². The van der Waals surface area contributed by atoms with Crippen LogP contribution in [0.25, 0.3) is 4.96 Å². The van der Waals surface area contributed by atoms with E-state index >= 15 is 0 Å². The highest BCUT2D eigenvalue weighted by Gasteiger charge is 2.22. The summed E-state index contributed by atoms with van der Waals surface area (Å²) in [6.45, 7) is 2.38. The lowest BCUT2D eigenvalue weighted by Gasteiger charge is -2.31. The summed E-state index contributed by atoms with van der Waals surface area (Å²) < 4.78 is 7.22. The number of rotatable bonds is 4. The second kappa shape index (κ2) is 7.42. The smallest absolute Gasteiger partial charge is 0.275 e. The quantitative estimate of drug-likeness (QED) is 0.655. The number of benzene rings is 1. The molecule has 2 aromatic heterocycles. The summed E-state index contributed by atoms with van der Waals surface area (Å²) in [6, 6.07) is 6.65. The molecule has 3 heterocycles. The van der Waals surface area contributed by atoms with Crippen LogP contribution in [0, 0.1) is 5.92 Å². The molecule has 1 saturated heterocycles. The summed E-state index contributed by atoms with van der Waals surface area (Å²) in [5.74, 6) is 1.15. The molecule has 0 saturated carbocycles. The number of fused-ring (bicyclic) bond motifs is 1. The van der Waals surface area contributed by atoms with Crippen LogP contribution in [0.15, 0.2) is 35.3 Å². The van der Waals surface area contributed by atoms with Crippen LogP contribution in [-0.4, -0.2) is 34.3 Å². The van der Waals surface area contributed by atoms with E-state index in [1.54, 1.807) is 18.2 Å². The zero-order valence-corrected chi connectivity index (χ0v) is 16.1. The zero-order valence-electron chi connectivity index (χ0n) is 13.8. The van der Waals surface area contributed by atoms with E-state index in [0.29, 0.717) is 33.3 Å². The van der Waals surface area contributed by atoms with Crippen LogP contribution in [0.3, 0.4) is 0 Å². The largest absolute Gasteiger partial charge is 0.493 e. The molecule has 4 rings (SSSR count). The number of hydrogen-bond acceptors (Lipinski definition) is 6. The Labute approximate surface area is 163 Å². The fraction of sp³-hybridized carbons (Fsp3) is 0.353. The van der Waals surface area contributed by atoms with Gasteiger partial charge in [0.05, 0.1) is 6.61 Å². The molecule has 0 radical (unpaired) electrons. The molecule has 0 amide bonds. The minimum Gasteiger partial charge on any atom is -0.493 e. The molecular weight excluding hydrogens is 395 g/mol. The van der Waals surface area contributed by atoms with E-state index in [4.69, 9.17) is 27.9 Å². The molecule has 3 aromatic rings. The first-order valence-electron chi connectivity index (χ1n) is 8.27. The second-order valence-electron chi connectivity index (χ2n) is 6.21. The van der Waals surface area contributed by atoms with Crippen molar-refractivity contribution in [1.29, 1.82) is 0 Å². The number of hydrogen-bond donors (Lipinski definition) is 0. The molecule has 26 heavy (non-hydrogen) atoms. The van der Waals surface area contributed by atoms with E-state index in [0.717, 1.165) is 31.1 Å². The van der Waals surface area contributed by atoms with E-state index in [2.05, 4.69) is 15.0 Å². The van der Waals surface area contributed by atoms with Crippen LogP contribution >= 0.6 is 34.5 Å². The molecule has 1 aliphatic rings. The molecule has 0 bridgehead atoms. The average Bonchev–Trinajstić information content (AvgIpc) is 3.05. The van der Waals surface area contributed by atoms with Crippen LogP contribution in [-0.2, 0) is 0 Å². The number of anilines is 1. The Bertz CT molecular complexity index is 962. The molecule has 1 fully saturated rings. The van der Waals surface area contributed by atoms with E-state index in [1.807, 2.05) is 0 Å². The summed E-state index contributed by atoms with van der Waals surface area (Å²) in [4.78, 5) is 18.8. The monoisotopic (exact) mass is 410 g/mol. The first-order chi connectivity index (χ1) is 12.6. The minimum absolute atomic E-state index is 0.152. The molecule has 0 unspecified atom stereocenters. The number of halogens is 2. The summed E-state index contributed by atoms with van der Waals surface area (Å²) in [7, 11) is 0. The molecule has 1 aromatic carbocycles. The first kappa shape index (κ1) is 17.6. The number of ether oxygens (including phenoxy) is 1. The van der Waals surface area contributed by atoms with Crippen LogP contribution in [0.1, 0.15) is 12.8 Å². The summed E-state index contributed by atoms with van der Waals surface area (Å²) in [5, 5.41) is 6.38. The van der Waals surface area contributed by atoms with Gasteiger partial charge in [-0.25, -0.2) is 4.98 Å². The van der Waals surface area contributed by atoms with Crippen LogP contribution in [0.2, 0.25) is 10.0 Å². The molecule has 6 nitrogen and oxygen atoms in total. The molecule has 0 atom stereocenters. The lowest BCUT2D eigenvalue weighted by Crippen LogP contribution is -2.35. The Kier molecular flexibility index (Phi) is 5.02. The van der Waals surface area contributed by atoms with Crippen molar-refractivity contribution in [2.45, 2.75) is 12.8 Å². The van der Waals surface area contributed by atoms with E-state index < -0.39 is 0 Å². The molecular formula is C17H16Cl2N4O2S. The van der Waals surface area contributed by atoms with Gasteiger partial charge in [-0.05, 0) is 37.0 Å². The maximum Gasteiger partial charge on any atom is 0.275 e. The lowest BCUT2D eigenvalue weighted by molar-refractivity contribution is 0.223. The third-order valence-electron chi connectivity index (χ3n) is 4.37. The van der Waals surface area contributed by atoms with Crippen molar-refractivity contribution in [2.24, 2.45) is 5.92 Å². The van der Waals surface area contributed by atoms with Crippen LogP contribution in [0.4, 0.5) is 5.13 Å². The lowest BCUT2D eigenvalue weighted by atomic mass is 9.98. The van der Waals surface area contributed by atoms with Gasteiger partial charge < -0.3 is 9.64 Å². The SMILES string of the molecule is O=c1ccnc2sc(N3CCC(COc4cc(Cl)cc(Cl)c4)CC3)nn12. The van der Waals surface area contributed by atoms with Gasteiger partial charge in [0.25, 0.3) is 5.56 Å². The van der Waals surface area contributed by atoms with Gasteiger partial charge >= 0.3 is 0 Å². The Hall–Kier alpha value is -1.83. The van der Waals surface area contributed by atoms with E-state index in [9.17, 15) is 4.79 Å². The fourth-order valence-electron chi connectivity index (χ4n) is 2.98. The third kappa shape index (κ3) is 3.79. The normalized spacial score (nSPS) is 15.5. The maximum atomic E-state index is 11.8. The maximum absolute atomic E-state index is 11.8. The van der Waals surface area contributed by atoms with Gasteiger partial charge in [-0.3, -0.25) is 4.79 Å². The standard InChI is InChI=1S/C17H16Cl2N4O2S/c18-12-7-13(19)9-14(8-12)25-10-11-2-5-22(6-3-11)17-21-23-15(24)1-4-20-16(23)26-17/h1,4,7-9,11H,2-3,5-6,10H2. The highest BCUT2D eigenvalue weighted by molar-refractivity contribution is 7.20. The van der Waals surface area contributed by atoms with Crippen LogP contribution in [0.5, 0.6) is 5.75 Å².